The minimum atomic E-state index is -1.02. The molecule has 0 radical (unpaired) electrons. The molecular formula is C21H18N2O4. The van der Waals surface area contributed by atoms with Crippen molar-refractivity contribution in [3.05, 3.63) is 94.2 Å². The lowest BCUT2D eigenvalue weighted by Gasteiger charge is -2.29. The normalized spacial score (nSPS) is 15.9. The lowest BCUT2D eigenvalue weighted by Crippen LogP contribution is -2.99. The van der Waals surface area contributed by atoms with Gasteiger partial charge in [-0.3, -0.25) is 4.79 Å². The predicted molar refractivity (Wildman–Crippen MR) is 99.2 cm³/mol. The van der Waals surface area contributed by atoms with E-state index >= 15 is 0 Å². The number of rotatable bonds is 3. The first-order chi connectivity index (χ1) is 13.0. The molecule has 3 aromatic rings. The van der Waals surface area contributed by atoms with Crippen molar-refractivity contribution in [2.45, 2.75) is 13.0 Å². The molecule has 0 fully saturated rings. The minimum absolute atomic E-state index is 0.143. The molecular weight excluding hydrogens is 344 g/mol. The molecule has 6 heteroatoms. The fourth-order valence-corrected chi connectivity index (χ4v) is 3.27. The maximum absolute atomic E-state index is 12.8. The molecule has 1 aliphatic heterocycles. The van der Waals surface area contributed by atoms with E-state index in [1.807, 2.05) is 49.4 Å². The van der Waals surface area contributed by atoms with Gasteiger partial charge in [-0.15, -0.1) is 0 Å². The Morgan fingerprint density at radius 1 is 1.04 bits per heavy atom. The van der Waals surface area contributed by atoms with E-state index in [2.05, 4.69) is 5.32 Å². The molecule has 1 aliphatic rings. The van der Waals surface area contributed by atoms with Crippen LogP contribution in [0.15, 0.2) is 66.7 Å². The van der Waals surface area contributed by atoms with Crippen molar-refractivity contribution in [1.82, 2.24) is 5.32 Å². The highest BCUT2D eigenvalue weighted by atomic mass is 16.8. The Balaban J connectivity index is 1.69. The van der Waals surface area contributed by atoms with Crippen LogP contribution in [0, 0.1) is 12.1 Å². The summed E-state index contributed by atoms with van der Waals surface area (Å²) in [4.78, 5) is 12.8. The molecule has 1 amide bonds. The Labute approximate surface area is 156 Å². The number of nitrogens with one attached hydrogen (secondary N) is 2. The summed E-state index contributed by atoms with van der Waals surface area (Å²) < 4.78 is 6.05. The van der Waals surface area contributed by atoms with Gasteiger partial charge in [-0.05, 0) is 30.7 Å². The highest BCUT2D eigenvalue weighted by molar-refractivity contribution is 5.95. The largest absolute Gasteiger partial charge is 0.595 e. The summed E-state index contributed by atoms with van der Waals surface area (Å²) in [5.41, 5.74) is 3.31. The van der Waals surface area contributed by atoms with Crippen molar-refractivity contribution in [1.29, 1.82) is 0 Å². The van der Waals surface area contributed by atoms with E-state index in [0.29, 0.717) is 11.3 Å². The number of benzene rings is 3. The molecule has 0 aliphatic carbocycles. The smallest absolute Gasteiger partial charge is 0.252 e. The standard InChI is InChI=1S/C21H18N2O4/c1-13-5-4-7-17-19(16-6-2-3-8-18(16)27-20(13)17)22-21(24)14-9-11-15(12-10-14)23(25)26/h2-12,19,23,25H,1H3,(H,22,24). The van der Waals surface area contributed by atoms with Crippen LogP contribution in [-0.2, 0) is 0 Å². The number of amides is 1. The van der Waals surface area contributed by atoms with Gasteiger partial charge in [0.1, 0.15) is 11.5 Å². The molecule has 27 heavy (non-hydrogen) atoms. The highest BCUT2D eigenvalue weighted by Gasteiger charge is 2.29. The van der Waals surface area contributed by atoms with Crippen molar-refractivity contribution in [3.63, 3.8) is 0 Å². The maximum Gasteiger partial charge on any atom is 0.252 e. The molecule has 3 aromatic carbocycles. The van der Waals surface area contributed by atoms with E-state index < -0.39 is 5.23 Å². The monoisotopic (exact) mass is 362 g/mol. The Hall–Kier alpha value is -3.19. The van der Waals surface area contributed by atoms with Gasteiger partial charge in [0.2, 0.25) is 0 Å². The average Bonchev–Trinajstić information content (AvgIpc) is 2.68. The Morgan fingerprint density at radius 2 is 1.74 bits per heavy atom. The summed E-state index contributed by atoms with van der Waals surface area (Å²) in [6.07, 6.45) is 0. The van der Waals surface area contributed by atoms with Crippen LogP contribution < -0.4 is 15.3 Å². The van der Waals surface area contributed by atoms with Crippen LogP contribution in [0.1, 0.15) is 33.1 Å². The molecule has 0 aromatic heterocycles. The van der Waals surface area contributed by atoms with Gasteiger partial charge >= 0.3 is 0 Å². The third-order valence-electron chi connectivity index (χ3n) is 4.66. The SMILES string of the molecule is Cc1cccc2c1Oc1ccccc1C2NC(=O)c1ccc([NH+]([O-])O)cc1. The van der Waals surface area contributed by atoms with Crippen molar-refractivity contribution < 1.29 is 20.0 Å². The number of para-hydroxylation sites is 2. The molecule has 136 valence electrons. The Morgan fingerprint density at radius 3 is 2.48 bits per heavy atom. The second-order valence-electron chi connectivity index (χ2n) is 6.42. The number of carbonyl (C=O) groups excluding carboxylic acids is 1. The summed E-state index contributed by atoms with van der Waals surface area (Å²) >= 11 is 0. The van der Waals surface area contributed by atoms with E-state index in [0.717, 1.165) is 22.4 Å². The minimum Gasteiger partial charge on any atom is -0.595 e. The molecule has 3 N–H and O–H groups in total. The highest BCUT2D eigenvalue weighted by Crippen LogP contribution is 2.44. The van der Waals surface area contributed by atoms with Gasteiger partial charge in [0.15, 0.2) is 5.69 Å². The summed E-state index contributed by atoms with van der Waals surface area (Å²) in [6.45, 7) is 1.97. The molecule has 0 spiro atoms. The maximum atomic E-state index is 12.8. The van der Waals surface area contributed by atoms with Crippen LogP contribution in [0.3, 0.4) is 0 Å². The van der Waals surface area contributed by atoms with Crippen LogP contribution in [0.4, 0.5) is 5.69 Å². The first kappa shape index (κ1) is 17.2. The first-order valence-corrected chi connectivity index (χ1v) is 8.55. The molecule has 2 unspecified atom stereocenters. The van der Waals surface area contributed by atoms with Crippen molar-refractivity contribution in [2.75, 3.05) is 0 Å². The van der Waals surface area contributed by atoms with Gasteiger partial charge < -0.3 is 15.3 Å². The number of hydrogen-bond acceptors (Lipinski definition) is 4. The number of fused-ring (bicyclic) bond motifs is 2. The van der Waals surface area contributed by atoms with Gasteiger partial charge in [0.05, 0.1) is 6.04 Å². The zero-order valence-corrected chi connectivity index (χ0v) is 14.6. The Kier molecular flexibility index (Phi) is 4.37. The van der Waals surface area contributed by atoms with E-state index in [-0.39, 0.29) is 17.6 Å². The van der Waals surface area contributed by atoms with Gasteiger partial charge in [0, 0.05) is 28.8 Å². The van der Waals surface area contributed by atoms with E-state index in [1.165, 1.54) is 24.3 Å². The number of quaternary nitrogens is 1. The lowest BCUT2D eigenvalue weighted by molar-refractivity contribution is -0.991. The molecule has 0 bridgehead atoms. The van der Waals surface area contributed by atoms with Gasteiger partial charge in [-0.1, -0.05) is 36.4 Å². The fraction of sp³-hybridized carbons (Fsp3) is 0.0952. The second kappa shape index (κ2) is 6.85. The lowest BCUT2D eigenvalue weighted by atomic mass is 9.92. The van der Waals surface area contributed by atoms with Crippen LogP contribution in [0.25, 0.3) is 0 Å². The number of hydrogen-bond donors (Lipinski definition) is 3. The number of aryl methyl sites for hydroxylation is 1. The molecule has 0 saturated carbocycles. The van der Waals surface area contributed by atoms with Crippen molar-refractivity contribution >= 4 is 11.6 Å². The summed E-state index contributed by atoms with van der Waals surface area (Å²) in [5.74, 6) is 1.19. The van der Waals surface area contributed by atoms with E-state index in [9.17, 15) is 10.0 Å². The molecule has 2 atom stereocenters. The number of carbonyl (C=O) groups is 1. The zero-order chi connectivity index (χ0) is 19.0. The molecule has 0 saturated heterocycles. The topological polar surface area (TPSA) is 86.1 Å². The third kappa shape index (κ3) is 3.17. The predicted octanol–water partition coefficient (Wildman–Crippen LogP) is 3.02. The van der Waals surface area contributed by atoms with Crippen LogP contribution in [0.2, 0.25) is 0 Å². The average molecular weight is 362 g/mol. The fourth-order valence-electron chi connectivity index (χ4n) is 3.27. The zero-order valence-electron chi connectivity index (χ0n) is 14.6. The quantitative estimate of drug-likeness (QED) is 0.625. The van der Waals surface area contributed by atoms with Crippen molar-refractivity contribution in [2.24, 2.45) is 0 Å². The van der Waals surface area contributed by atoms with Gasteiger partial charge in [-0.2, -0.15) is 5.23 Å². The van der Waals surface area contributed by atoms with Crippen LogP contribution >= 0.6 is 0 Å². The number of ether oxygens (including phenoxy) is 1. The summed E-state index contributed by atoms with van der Waals surface area (Å²) in [6, 6.07) is 19.0. The first-order valence-electron chi connectivity index (χ1n) is 8.55. The molecule has 1 heterocycles. The molecule has 4 rings (SSSR count). The van der Waals surface area contributed by atoms with Crippen LogP contribution in [0.5, 0.6) is 11.5 Å². The van der Waals surface area contributed by atoms with E-state index in [1.54, 1.807) is 0 Å². The summed E-state index contributed by atoms with van der Waals surface area (Å²) in [5, 5.41) is 22.0. The molecule has 6 nitrogen and oxygen atoms in total. The van der Waals surface area contributed by atoms with Crippen LogP contribution in [-0.4, -0.2) is 11.1 Å². The second-order valence-corrected chi connectivity index (χ2v) is 6.42. The van der Waals surface area contributed by atoms with Gasteiger partial charge in [-0.25, -0.2) is 5.21 Å². The van der Waals surface area contributed by atoms with Gasteiger partial charge in [0.25, 0.3) is 5.91 Å². The van der Waals surface area contributed by atoms with E-state index in [4.69, 9.17) is 9.94 Å². The third-order valence-corrected chi connectivity index (χ3v) is 4.66. The Bertz CT molecular complexity index is 999. The summed E-state index contributed by atoms with van der Waals surface area (Å²) in [7, 11) is 0. The van der Waals surface area contributed by atoms with Crippen molar-refractivity contribution in [3.8, 4) is 11.5 Å².